The molecule has 1 saturated heterocycles. The molecule has 3 aromatic rings. The van der Waals surface area contributed by atoms with E-state index in [2.05, 4.69) is 15.3 Å². The van der Waals surface area contributed by atoms with E-state index in [1.165, 1.54) is 11.8 Å². The molecule has 5 rings (SSSR count). The minimum Gasteiger partial charge on any atom is -0.346 e. The summed E-state index contributed by atoms with van der Waals surface area (Å²) < 4.78 is 39.1. The van der Waals surface area contributed by atoms with E-state index >= 15 is 0 Å². The van der Waals surface area contributed by atoms with Gasteiger partial charge in [-0.2, -0.15) is 13.2 Å². The Balaban J connectivity index is 1.21. The number of H-pyrrole nitrogens is 1. The minimum atomic E-state index is -4.49. The molecule has 1 fully saturated rings. The molecule has 1 aliphatic heterocycles. The lowest BCUT2D eigenvalue weighted by Gasteiger charge is -2.31. The average molecular weight is 571 g/mol. The fourth-order valence-electron chi connectivity index (χ4n) is 5.87. The van der Waals surface area contributed by atoms with Crippen LogP contribution in [0.25, 0.3) is 11.1 Å². The summed E-state index contributed by atoms with van der Waals surface area (Å²) in [7, 11) is 0. The van der Waals surface area contributed by atoms with Crippen LogP contribution in [0, 0.1) is 0 Å². The van der Waals surface area contributed by atoms with Crippen molar-refractivity contribution in [1.29, 1.82) is 0 Å². The Morgan fingerprint density at radius 2 is 1.60 bits per heavy atom. The molecule has 40 heavy (non-hydrogen) atoms. The number of imidazole rings is 1. The number of hydrogen-bond acceptors (Lipinski definition) is 4. The topological polar surface area (TPSA) is 78.1 Å². The van der Waals surface area contributed by atoms with Crippen molar-refractivity contribution in [1.82, 2.24) is 20.2 Å². The first-order chi connectivity index (χ1) is 19.3. The maximum atomic E-state index is 13.6. The van der Waals surface area contributed by atoms with Crippen LogP contribution in [0.5, 0.6) is 0 Å². The molecule has 1 aromatic heterocycles. The van der Waals surface area contributed by atoms with E-state index in [1.54, 1.807) is 6.20 Å². The SMILES string of the molecule is O=C(c1cnc(SCCCCCC2(C(=O)NCC(F)(F)F)c3ccccc3-c3ccccc32)[nH]1)N1CCCCC1. The molecule has 2 amide bonds. The number of alkyl halides is 3. The highest BCUT2D eigenvalue weighted by atomic mass is 32.2. The first-order valence-electron chi connectivity index (χ1n) is 13.8. The second kappa shape index (κ2) is 12.1. The summed E-state index contributed by atoms with van der Waals surface area (Å²) in [6.07, 6.45) is 3.04. The number of piperidine rings is 1. The van der Waals surface area contributed by atoms with Crippen molar-refractivity contribution in [3.05, 3.63) is 71.5 Å². The van der Waals surface area contributed by atoms with Crippen molar-refractivity contribution < 1.29 is 22.8 Å². The highest BCUT2D eigenvalue weighted by Gasteiger charge is 2.49. The third-order valence-electron chi connectivity index (χ3n) is 7.76. The minimum absolute atomic E-state index is 0.00901. The van der Waals surface area contributed by atoms with E-state index < -0.39 is 24.0 Å². The number of fused-ring (bicyclic) bond motifs is 3. The molecule has 10 heteroatoms. The maximum Gasteiger partial charge on any atom is 0.405 e. The van der Waals surface area contributed by atoms with Gasteiger partial charge in [0.05, 0.1) is 6.20 Å². The third kappa shape index (κ3) is 5.92. The van der Waals surface area contributed by atoms with E-state index in [9.17, 15) is 22.8 Å². The Bertz CT molecular complexity index is 1300. The molecule has 212 valence electrons. The number of thioether (sulfide) groups is 1. The van der Waals surface area contributed by atoms with Crippen LogP contribution >= 0.6 is 11.8 Å². The standard InChI is InChI=1S/C30H33F3N4O2S/c31-30(32,33)20-35-27(39)29(23-13-5-3-11-21(23)22-12-4-6-14-24(22)29)15-7-1-10-18-40-28-34-19-25(36-28)26(38)37-16-8-2-9-17-37/h3-6,11-14,19H,1-2,7-10,15-18,20H2,(H,34,36)(H,35,39). The van der Waals surface area contributed by atoms with Gasteiger partial charge in [0.1, 0.15) is 17.7 Å². The Kier molecular flexibility index (Phi) is 8.54. The predicted octanol–water partition coefficient (Wildman–Crippen LogP) is 6.33. The normalized spacial score (nSPS) is 15.9. The van der Waals surface area contributed by atoms with Crippen molar-refractivity contribution in [2.75, 3.05) is 25.4 Å². The first-order valence-corrected chi connectivity index (χ1v) is 14.8. The summed E-state index contributed by atoms with van der Waals surface area (Å²) in [5.41, 5.74) is 2.64. The molecule has 0 spiro atoms. The van der Waals surface area contributed by atoms with Gasteiger partial charge in [-0.25, -0.2) is 4.98 Å². The summed E-state index contributed by atoms with van der Waals surface area (Å²) >= 11 is 1.54. The molecule has 0 atom stereocenters. The van der Waals surface area contributed by atoms with Gasteiger partial charge < -0.3 is 15.2 Å². The first kappa shape index (κ1) is 28.3. The number of nitrogens with zero attached hydrogens (tertiary/aromatic N) is 2. The third-order valence-corrected chi connectivity index (χ3v) is 8.74. The van der Waals surface area contributed by atoms with Gasteiger partial charge in [-0.3, -0.25) is 9.59 Å². The van der Waals surface area contributed by atoms with Crippen LogP contribution in [0.3, 0.4) is 0 Å². The van der Waals surface area contributed by atoms with Crippen molar-refractivity contribution in [2.24, 2.45) is 0 Å². The Morgan fingerprint density at radius 1 is 0.950 bits per heavy atom. The lowest BCUT2D eigenvalue weighted by Crippen LogP contribution is -2.47. The van der Waals surface area contributed by atoms with Gasteiger partial charge >= 0.3 is 6.18 Å². The largest absolute Gasteiger partial charge is 0.405 e. The van der Waals surface area contributed by atoms with E-state index in [0.717, 1.165) is 73.2 Å². The number of halogens is 3. The van der Waals surface area contributed by atoms with E-state index in [1.807, 2.05) is 53.4 Å². The van der Waals surface area contributed by atoms with Crippen molar-refractivity contribution >= 4 is 23.6 Å². The quantitative estimate of drug-likeness (QED) is 0.221. The van der Waals surface area contributed by atoms with Gasteiger partial charge in [0.2, 0.25) is 5.91 Å². The molecular weight excluding hydrogens is 537 g/mol. The molecule has 0 unspecified atom stereocenters. The lowest BCUT2D eigenvalue weighted by atomic mass is 9.73. The average Bonchev–Trinajstić information content (AvgIpc) is 3.55. The molecule has 2 N–H and O–H groups in total. The smallest absolute Gasteiger partial charge is 0.346 e. The summed E-state index contributed by atoms with van der Waals surface area (Å²) in [5, 5.41) is 2.88. The number of aromatic nitrogens is 2. The number of nitrogens with one attached hydrogen (secondary N) is 2. The van der Waals surface area contributed by atoms with Crippen molar-refractivity contribution in [3.8, 4) is 11.1 Å². The summed E-state index contributed by atoms with van der Waals surface area (Å²) in [6.45, 7) is 0.204. The highest BCUT2D eigenvalue weighted by molar-refractivity contribution is 7.99. The maximum absolute atomic E-state index is 13.6. The molecule has 0 bridgehead atoms. The van der Waals surface area contributed by atoms with Crippen LogP contribution in [-0.2, 0) is 10.2 Å². The number of benzene rings is 2. The molecule has 2 heterocycles. The number of carbonyl (C=O) groups is 2. The summed E-state index contributed by atoms with van der Waals surface area (Å²) in [4.78, 5) is 35.6. The number of amides is 2. The van der Waals surface area contributed by atoms with Crippen molar-refractivity contribution in [3.63, 3.8) is 0 Å². The fraction of sp³-hybridized carbons (Fsp3) is 0.433. The summed E-state index contributed by atoms with van der Waals surface area (Å²) in [6, 6.07) is 15.0. The molecule has 0 radical (unpaired) electrons. The second-order valence-electron chi connectivity index (χ2n) is 10.4. The molecular formula is C30H33F3N4O2S. The Hall–Kier alpha value is -3.27. The van der Waals surface area contributed by atoms with Crippen LogP contribution in [0.15, 0.2) is 59.9 Å². The number of unbranched alkanes of at least 4 members (excludes halogenated alkanes) is 2. The van der Waals surface area contributed by atoms with Gasteiger partial charge in [0.15, 0.2) is 5.16 Å². The molecule has 2 aliphatic rings. The Labute approximate surface area is 236 Å². The summed E-state index contributed by atoms with van der Waals surface area (Å²) in [5.74, 6) is 0.147. The number of likely N-dealkylation sites (tertiary alicyclic amines) is 1. The second-order valence-corrected chi connectivity index (χ2v) is 11.5. The van der Waals surface area contributed by atoms with E-state index in [4.69, 9.17) is 0 Å². The fourth-order valence-corrected chi connectivity index (χ4v) is 6.73. The highest BCUT2D eigenvalue weighted by Crippen LogP contribution is 2.51. The number of carbonyl (C=O) groups excluding carboxylic acids is 2. The zero-order chi connectivity index (χ0) is 28.2. The Morgan fingerprint density at radius 3 is 2.25 bits per heavy atom. The predicted molar refractivity (Wildman–Crippen MR) is 149 cm³/mol. The molecule has 2 aromatic carbocycles. The number of hydrogen-bond donors (Lipinski definition) is 2. The molecule has 6 nitrogen and oxygen atoms in total. The lowest BCUT2D eigenvalue weighted by molar-refractivity contribution is -0.141. The van der Waals surface area contributed by atoms with Crippen LogP contribution in [0.4, 0.5) is 13.2 Å². The number of rotatable bonds is 10. The number of aromatic amines is 1. The zero-order valence-corrected chi connectivity index (χ0v) is 23.0. The van der Waals surface area contributed by atoms with E-state index in [-0.39, 0.29) is 5.91 Å². The molecule has 1 aliphatic carbocycles. The zero-order valence-electron chi connectivity index (χ0n) is 22.2. The van der Waals surface area contributed by atoms with Gasteiger partial charge in [-0.1, -0.05) is 73.1 Å². The van der Waals surface area contributed by atoms with Crippen LogP contribution < -0.4 is 5.32 Å². The van der Waals surface area contributed by atoms with Gasteiger partial charge in [-0.15, -0.1) is 0 Å². The van der Waals surface area contributed by atoms with E-state index in [0.29, 0.717) is 23.7 Å². The van der Waals surface area contributed by atoms with Crippen molar-refractivity contribution in [2.45, 2.75) is 61.7 Å². The van der Waals surface area contributed by atoms with Gasteiger partial charge in [0.25, 0.3) is 5.91 Å². The van der Waals surface area contributed by atoms with Crippen LogP contribution in [0.2, 0.25) is 0 Å². The van der Waals surface area contributed by atoms with Gasteiger partial charge in [-0.05, 0) is 54.4 Å². The van der Waals surface area contributed by atoms with Gasteiger partial charge in [0, 0.05) is 18.8 Å². The molecule has 0 saturated carbocycles. The van der Waals surface area contributed by atoms with Crippen LogP contribution in [0.1, 0.15) is 66.6 Å². The van der Waals surface area contributed by atoms with Crippen LogP contribution in [-0.4, -0.2) is 58.2 Å². The monoisotopic (exact) mass is 570 g/mol.